The molecule has 7 nitrogen and oxygen atoms in total. The van der Waals surface area contributed by atoms with E-state index < -0.39 is 0 Å². The van der Waals surface area contributed by atoms with Crippen molar-refractivity contribution in [2.45, 2.75) is 33.4 Å². The van der Waals surface area contributed by atoms with Crippen molar-refractivity contribution in [2.75, 3.05) is 26.2 Å². The summed E-state index contributed by atoms with van der Waals surface area (Å²) in [6.07, 6.45) is 5.14. The Morgan fingerprint density at radius 1 is 1.09 bits per heavy atom. The molecular weight excluding hydrogens is 406 g/mol. The molecule has 0 aliphatic carbocycles. The van der Waals surface area contributed by atoms with Gasteiger partial charge in [-0.3, -0.25) is 14.7 Å². The molecule has 3 aromatic rings. The Balaban J connectivity index is 1.69. The van der Waals surface area contributed by atoms with E-state index >= 15 is 0 Å². The van der Waals surface area contributed by atoms with Gasteiger partial charge in [-0.15, -0.1) is 0 Å². The summed E-state index contributed by atoms with van der Waals surface area (Å²) in [5.41, 5.74) is 1.47. The standard InChI is InChI=1S/C25H31N3O4/c1-4-28(5-2)21(22-10-8-14-31-22)17-27-25(29)20-11-12-23(24(15-20)30-6-3)32-18-19-9-7-13-26-16-19/h7-16,21H,4-6,17-18H2,1-3H3,(H,27,29). The third-order valence-electron chi connectivity index (χ3n) is 5.20. The molecule has 2 aromatic heterocycles. The Hall–Kier alpha value is -3.32. The van der Waals surface area contributed by atoms with Crippen molar-refractivity contribution in [1.29, 1.82) is 0 Å². The molecule has 1 unspecified atom stereocenters. The molecule has 32 heavy (non-hydrogen) atoms. The third kappa shape index (κ3) is 6.11. The van der Waals surface area contributed by atoms with E-state index in [1.165, 1.54) is 0 Å². The van der Waals surface area contributed by atoms with Gasteiger partial charge in [0, 0.05) is 30.1 Å². The van der Waals surface area contributed by atoms with Crippen LogP contribution in [0.5, 0.6) is 11.5 Å². The number of amides is 1. The third-order valence-corrected chi connectivity index (χ3v) is 5.20. The molecule has 1 amide bonds. The van der Waals surface area contributed by atoms with Crippen molar-refractivity contribution in [3.63, 3.8) is 0 Å². The second-order valence-corrected chi connectivity index (χ2v) is 7.21. The number of benzene rings is 1. The number of nitrogens with zero attached hydrogens (tertiary/aromatic N) is 2. The fraction of sp³-hybridized carbons (Fsp3) is 0.360. The van der Waals surface area contributed by atoms with Crippen LogP contribution in [0.4, 0.5) is 0 Å². The first-order valence-electron chi connectivity index (χ1n) is 11.0. The molecule has 7 heteroatoms. The van der Waals surface area contributed by atoms with Crippen molar-refractivity contribution in [2.24, 2.45) is 0 Å². The van der Waals surface area contributed by atoms with Gasteiger partial charge in [-0.25, -0.2) is 0 Å². The molecule has 3 rings (SSSR count). The molecule has 0 aliphatic heterocycles. The fourth-order valence-electron chi connectivity index (χ4n) is 3.53. The highest BCUT2D eigenvalue weighted by Gasteiger charge is 2.22. The maximum atomic E-state index is 12.9. The molecule has 0 radical (unpaired) electrons. The van der Waals surface area contributed by atoms with Gasteiger partial charge in [0.1, 0.15) is 12.4 Å². The molecule has 0 saturated carbocycles. The summed E-state index contributed by atoms with van der Waals surface area (Å²) < 4.78 is 17.2. The summed E-state index contributed by atoms with van der Waals surface area (Å²) in [6.45, 7) is 9.09. The Bertz CT molecular complexity index is 957. The van der Waals surface area contributed by atoms with Crippen molar-refractivity contribution in [3.8, 4) is 11.5 Å². The van der Waals surface area contributed by atoms with Crippen molar-refractivity contribution in [3.05, 3.63) is 78.0 Å². The summed E-state index contributed by atoms with van der Waals surface area (Å²) in [7, 11) is 0. The zero-order chi connectivity index (χ0) is 22.8. The second-order valence-electron chi connectivity index (χ2n) is 7.21. The van der Waals surface area contributed by atoms with E-state index in [1.807, 2.05) is 31.2 Å². The van der Waals surface area contributed by atoms with Gasteiger partial charge in [0.25, 0.3) is 5.91 Å². The lowest BCUT2D eigenvalue weighted by molar-refractivity contribution is 0.0929. The van der Waals surface area contributed by atoms with Crippen molar-refractivity contribution < 1.29 is 18.7 Å². The van der Waals surface area contributed by atoms with E-state index in [4.69, 9.17) is 13.9 Å². The van der Waals surface area contributed by atoms with Crippen LogP contribution in [0.2, 0.25) is 0 Å². The minimum absolute atomic E-state index is 0.0302. The van der Waals surface area contributed by atoms with Crippen LogP contribution in [0.25, 0.3) is 0 Å². The molecule has 2 heterocycles. The number of rotatable bonds is 12. The minimum Gasteiger partial charge on any atom is -0.490 e. The number of hydrogen-bond donors (Lipinski definition) is 1. The van der Waals surface area contributed by atoms with Crippen LogP contribution in [0.1, 0.15) is 48.5 Å². The van der Waals surface area contributed by atoms with E-state index in [2.05, 4.69) is 29.0 Å². The summed E-state index contributed by atoms with van der Waals surface area (Å²) >= 11 is 0. The first-order chi connectivity index (χ1) is 15.7. The number of ether oxygens (including phenoxy) is 2. The average molecular weight is 438 g/mol. The van der Waals surface area contributed by atoms with Crippen LogP contribution < -0.4 is 14.8 Å². The Labute approximate surface area is 189 Å². The molecule has 0 aliphatic rings. The molecule has 1 N–H and O–H groups in total. The zero-order valence-electron chi connectivity index (χ0n) is 18.9. The van der Waals surface area contributed by atoms with Gasteiger partial charge in [0.2, 0.25) is 0 Å². The van der Waals surface area contributed by atoms with E-state index in [0.29, 0.717) is 36.8 Å². The van der Waals surface area contributed by atoms with E-state index in [0.717, 1.165) is 24.4 Å². The SMILES string of the molecule is CCOc1cc(C(=O)NCC(c2ccco2)N(CC)CC)ccc1OCc1cccnc1. The van der Waals surface area contributed by atoms with Crippen LogP contribution in [-0.4, -0.2) is 42.0 Å². The van der Waals surface area contributed by atoms with Crippen LogP contribution in [0.15, 0.2) is 65.5 Å². The molecular formula is C25H31N3O4. The lowest BCUT2D eigenvalue weighted by Crippen LogP contribution is -2.37. The van der Waals surface area contributed by atoms with Gasteiger partial charge in [0.15, 0.2) is 11.5 Å². The molecule has 0 spiro atoms. The monoisotopic (exact) mass is 437 g/mol. The number of hydrogen-bond acceptors (Lipinski definition) is 6. The minimum atomic E-state index is -0.173. The van der Waals surface area contributed by atoms with Crippen LogP contribution >= 0.6 is 0 Å². The van der Waals surface area contributed by atoms with E-state index in [1.54, 1.807) is 36.9 Å². The van der Waals surface area contributed by atoms with Crippen molar-refractivity contribution in [1.82, 2.24) is 15.2 Å². The predicted octanol–water partition coefficient (Wildman–Crippen LogP) is 4.47. The summed E-state index contributed by atoms with van der Waals surface area (Å²) in [4.78, 5) is 19.2. The molecule has 0 fully saturated rings. The normalized spacial score (nSPS) is 11.9. The molecule has 1 aromatic carbocycles. The maximum Gasteiger partial charge on any atom is 0.251 e. The second kappa shape index (κ2) is 11.9. The Kier molecular flexibility index (Phi) is 8.69. The number of carbonyl (C=O) groups excluding carboxylic acids is 1. The number of nitrogens with one attached hydrogen (secondary N) is 1. The van der Waals surface area contributed by atoms with Gasteiger partial charge >= 0.3 is 0 Å². The van der Waals surface area contributed by atoms with Crippen LogP contribution in [-0.2, 0) is 6.61 Å². The highest BCUT2D eigenvalue weighted by Crippen LogP contribution is 2.29. The van der Waals surface area contributed by atoms with Crippen molar-refractivity contribution >= 4 is 5.91 Å². The number of likely N-dealkylation sites (N-methyl/N-ethyl adjacent to an activating group) is 1. The Morgan fingerprint density at radius 3 is 2.59 bits per heavy atom. The lowest BCUT2D eigenvalue weighted by Gasteiger charge is -2.28. The van der Waals surface area contributed by atoms with E-state index in [9.17, 15) is 4.79 Å². The smallest absolute Gasteiger partial charge is 0.251 e. The Morgan fingerprint density at radius 2 is 1.94 bits per heavy atom. The van der Waals surface area contributed by atoms with Gasteiger partial charge in [-0.05, 0) is 56.4 Å². The summed E-state index contributed by atoms with van der Waals surface area (Å²) in [6, 6.07) is 12.8. The fourth-order valence-corrected chi connectivity index (χ4v) is 3.53. The quantitative estimate of drug-likeness (QED) is 0.451. The highest BCUT2D eigenvalue weighted by atomic mass is 16.5. The molecule has 1 atom stereocenters. The molecule has 0 bridgehead atoms. The number of furan rings is 1. The average Bonchev–Trinajstić information content (AvgIpc) is 3.36. The lowest BCUT2D eigenvalue weighted by atomic mass is 10.1. The highest BCUT2D eigenvalue weighted by molar-refractivity contribution is 5.94. The van der Waals surface area contributed by atoms with Crippen LogP contribution in [0.3, 0.4) is 0 Å². The van der Waals surface area contributed by atoms with Gasteiger partial charge in [0.05, 0.1) is 18.9 Å². The van der Waals surface area contributed by atoms with Gasteiger partial charge in [-0.2, -0.15) is 0 Å². The number of pyridine rings is 1. The maximum absolute atomic E-state index is 12.9. The largest absolute Gasteiger partial charge is 0.490 e. The summed E-state index contributed by atoms with van der Waals surface area (Å²) in [5.74, 6) is 1.79. The summed E-state index contributed by atoms with van der Waals surface area (Å²) in [5, 5.41) is 3.04. The number of carbonyl (C=O) groups is 1. The van der Waals surface area contributed by atoms with Gasteiger partial charge < -0.3 is 19.2 Å². The van der Waals surface area contributed by atoms with Crippen LogP contribution in [0, 0.1) is 0 Å². The first kappa shape index (κ1) is 23.3. The predicted molar refractivity (Wildman–Crippen MR) is 123 cm³/mol. The van der Waals surface area contributed by atoms with Gasteiger partial charge in [-0.1, -0.05) is 19.9 Å². The first-order valence-corrected chi connectivity index (χ1v) is 11.0. The molecule has 170 valence electrons. The zero-order valence-corrected chi connectivity index (χ0v) is 18.9. The number of aromatic nitrogens is 1. The topological polar surface area (TPSA) is 76.8 Å². The molecule has 0 saturated heterocycles. The van der Waals surface area contributed by atoms with E-state index in [-0.39, 0.29) is 11.9 Å².